The largest absolute Gasteiger partial charge is 0.497 e. The van der Waals surface area contributed by atoms with Gasteiger partial charge in [-0.25, -0.2) is 0 Å². The molecule has 0 spiro atoms. The first-order valence-corrected chi connectivity index (χ1v) is 4.73. The van der Waals surface area contributed by atoms with E-state index in [1.807, 2.05) is 6.07 Å². The van der Waals surface area contributed by atoms with Crippen LogP contribution in [0.1, 0.15) is 30.0 Å². The fourth-order valence-electron chi connectivity index (χ4n) is 1.96. The van der Waals surface area contributed by atoms with Crippen LogP contribution < -0.4 is 10.5 Å². The topological polar surface area (TPSA) is 35.2 Å². The van der Waals surface area contributed by atoms with Crippen molar-refractivity contribution in [2.24, 2.45) is 5.73 Å². The molecule has 1 atom stereocenters. The minimum atomic E-state index is 0. The van der Waals surface area contributed by atoms with Crippen LogP contribution >= 0.6 is 12.4 Å². The number of rotatable bonds is 1. The Morgan fingerprint density at radius 3 is 2.93 bits per heavy atom. The van der Waals surface area contributed by atoms with Crippen LogP contribution in [0.15, 0.2) is 18.2 Å². The van der Waals surface area contributed by atoms with E-state index in [0.29, 0.717) is 0 Å². The lowest BCUT2D eigenvalue weighted by molar-refractivity contribution is 0.413. The second kappa shape index (κ2) is 4.67. The Labute approximate surface area is 90.9 Å². The van der Waals surface area contributed by atoms with E-state index < -0.39 is 0 Å². The number of methoxy groups -OCH3 is 1. The minimum absolute atomic E-state index is 0. The standard InChI is InChI=1S/C11H15NO.ClH/c1-13-9-5-6-10-8(7-9)3-2-4-11(10)12;/h5-7,11H,2-4,12H2,1H3;1H/t11-;/m1./s1. The van der Waals surface area contributed by atoms with Crippen molar-refractivity contribution in [3.63, 3.8) is 0 Å². The Morgan fingerprint density at radius 2 is 2.21 bits per heavy atom. The molecule has 0 radical (unpaired) electrons. The normalized spacial score (nSPS) is 19.4. The fourth-order valence-corrected chi connectivity index (χ4v) is 1.96. The van der Waals surface area contributed by atoms with E-state index >= 15 is 0 Å². The number of ether oxygens (including phenoxy) is 1. The highest BCUT2D eigenvalue weighted by atomic mass is 35.5. The van der Waals surface area contributed by atoms with Gasteiger partial charge in [-0.15, -0.1) is 12.4 Å². The summed E-state index contributed by atoms with van der Waals surface area (Å²) in [5.41, 5.74) is 8.65. The molecule has 0 bridgehead atoms. The van der Waals surface area contributed by atoms with E-state index in [2.05, 4.69) is 12.1 Å². The zero-order chi connectivity index (χ0) is 9.26. The molecule has 1 aliphatic carbocycles. The van der Waals surface area contributed by atoms with Gasteiger partial charge in [0.15, 0.2) is 0 Å². The van der Waals surface area contributed by atoms with Crippen molar-refractivity contribution in [2.45, 2.75) is 25.3 Å². The number of hydrogen-bond donors (Lipinski definition) is 1. The van der Waals surface area contributed by atoms with Crippen LogP contribution in [-0.2, 0) is 6.42 Å². The predicted molar refractivity (Wildman–Crippen MR) is 60.1 cm³/mol. The molecule has 2 rings (SSSR count). The highest BCUT2D eigenvalue weighted by Crippen LogP contribution is 2.30. The Morgan fingerprint density at radius 1 is 1.43 bits per heavy atom. The Bertz CT molecular complexity index is 314. The van der Waals surface area contributed by atoms with Crippen LogP contribution in [0.3, 0.4) is 0 Å². The molecule has 3 heteroatoms. The zero-order valence-corrected chi connectivity index (χ0v) is 9.14. The summed E-state index contributed by atoms with van der Waals surface area (Å²) >= 11 is 0. The van der Waals surface area contributed by atoms with E-state index in [4.69, 9.17) is 10.5 Å². The summed E-state index contributed by atoms with van der Waals surface area (Å²) in [4.78, 5) is 0. The molecule has 0 amide bonds. The zero-order valence-electron chi connectivity index (χ0n) is 8.32. The smallest absolute Gasteiger partial charge is 0.119 e. The van der Waals surface area contributed by atoms with Crippen molar-refractivity contribution in [1.82, 2.24) is 0 Å². The molecular formula is C11H16ClNO. The third-order valence-electron chi connectivity index (χ3n) is 2.71. The van der Waals surface area contributed by atoms with E-state index in [-0.39, 0.29) is 18.4 Å². The summed E-state index contributed by atoms with van der Waals surface area (Å²) in [5.74, 6) is 0.938. The molecule has 1 aromatic carbocycles. The average molecular weight is 214 g/mol. The SMILES string of the molecule is COc1ccc2c(c1)CCC[C@H]2N.Cl. The maximum absolute atomic E-state index is 6.00. The van der Waals surface area contributed by atoms with Gasteiger partial charge in [-0.3, -0.25) is 0 Å². The van der Waals surface area contributed by atoms with Crippen molar-refractivity contribution in [2.75, 3.05) is 7.11 Å². The maximum Gasteiger partial charge on any atom is 0.119 e. The first kappa shape index (κ1) is 11.3. The van der Waals surface area contributed by atoms with Gasteiger partial charge < -0.3 is 10.5 Å². The third kappa shape index (κ3) is 2.02. The molecule has 1 aliphatic rings. The van der Waals surface area contributed by atoms with Crippen LogP contribution in [0, 0.1) is 0 Å². The Hall–Kier alpha value is -0.730. The Balaban J connectivity index is 0.000000980. The molecule has 0 saturated carbocycles. The average Bonchev–Trinajstić information content (AvgIpc) is 2.18. The van der Waals surface area contributed by atoms with Crippen LogP contribution in [0.2, 0.25) is 0 Å². The second-order valence-corrected chi connectivity index (χ2v) is 3.56. The highest BCUT2D eigenvalue weighted by molar-refractivity contribution is 5.85. The summed E-state index contributed by atoms with van der Waals surface area (Å²) in [7, 11) is 1.70. The van der Waals surface area contributed by atoms with Gasteiger partial charge in [0.2, 0.25) is 0 Å². The van der Waals surface area contributed by atoms with Crippen LogP contribution in [0.4, 0.5) is 0 Å². The van der Waals surface area contributed by atoms with Crippen LogP contribution in [0.5, 0.6) is 5.75 Å². The molecule has 14 heavy (non-hydrogen) atoms. The van der Waals surface area contributed by atoms with E-state index in [1.54, 1.807) is 7.11 Å². The lowest BCUT2D eigenvalue weighted by Crippen LogP contribution is -2.17. The number of benzene rings is 1. The van der Waals surface area contributed by atoms with Crippen molar-refractivity contribution in [1.29, 1.82) is 0 Å². The van der Waals surface area contributed by atoms with Crippen LogP contribution in [0.25, 0.3) is 0 Å². The third-order valence-corrected chi connectivity index (χ3v) is 2.71. The minimum Gasteiger partial charge on any atom is -0.497 e. The summed E-state index contributed by atoms with van der Waals surface area (Å²) in [6, 6.07) is 6.42. The lowest BCUT2D eigenvalue weighted by Gasteiger charge is -2.22. The van der Waals surface area contributed by atoms with Gasteiger partial charge in [0.1, 0.15) is 5.75 Å². The van der Waals surface area contributed by atoms with Crippen molar-refractivity contribution in [3.05, 3.63) is 29.3 Å². The first-order chi connectivity index (χ1) is 6.31. The molecule has 0 aliphatic heterocycles. The van der Waals surface area contributed by atoms with Gasteiger partial charge in [0.05, 0.1) is 7.11 Å². The molecular weight excluding hydrogens is 198 g/mol. The van der Waals surface area contributed by atoms with Gasteiger partial charge in [0, 0.05) is 6.04 Å². The molecule has 0 saturated heterocycles. The molecule has 0 unspecified atom stereocenters. The summed E-state index contributed by atoms with van der Waals surface area (Å²) < 4.78 is 5.17. The first-order valence-electron chi connectivity index (χ1n) is 4.73. The molecule has 1 aromatic rings. The van der Waals surface area contributed by atoms with Crippen molar-refractivity contribution >= 4 is 12.4 Å². The number of fused-ring (bicyclic) bond motifs is 1. The van der Waals surface area contributed by atoms with Crippen LogP contribution in [-0.4, -0.2) is 7.11 Å². The maximum atomic E-state index is 6.00. The van der Waals surface area contributed by atoms with Gasteiger partial charge in [-0.1, -0.05) is 6.07 Å². The molecule has 2 nitrogen and oxygen atoms in total. The van der Waals surface area contributed by atoms with Gasteiger partial charge in [-0.2, -0.15) is 0 Å². The molecule has 2 N–H and O–H groups in total. The van der Waals surface area contributed by atoms with E-state index in [9.17, 15) is 0 Å². The highest BCUT2D eigenvalue weighted by Gasteiger charge is 2.16. The second-order valence-electron chi connectivity index (χ2n) is 3.56. The number of hydrogen-bond acceptors (Lipinski definition) is 2. The number of nitrogens with two attached hydrogens (primary N) is 1. The lowest BCUT2D eigenvalue weighted by atomic mass is 9.88. The fraction of sp³-hybridized carbons (Fsp3) is 0.455. The summed E-state index contributed by atoms with van der Waals surface area (Å²) in [6.45, 7) is 0. The van der Waals surface area contributed by atoms with Gasteiger partial charge in [0.25, 0.3) is 0 Å². The van der Waals surface area contributed by atoms with Gasteiger partial charge in [-0.05, 0) is 42.5 Å². The summed E-state index contributed by atoms with van der Waals surface area (Å²) in [5, 5.41) is 0. The van der Waals surface area contributed by atoms with Crippen molar-refractivity contribution < 1.29 is 4.74 Å². The molecule has 78 valence electrons. The predicted octanol–water partition coefficient (Wildman–Crippen LogP) is 2.45. The monoisotopic (exact) mass is 213 g/mol. The summed E-state index contributed by atoms with van der Waals surface area (Å²) in [6.07, 6.45) is 3.45. The molecule has 0 aromatic heterocycles. The van der Waals surface area contributed by atoms with E-state index in [0.717, 1.165) is 18.6 Å². The van der Waals surface area contributed by atoms with E-state index in [1.165, 1.54) is 17.5 Å². The molecule has 0 heterocycles. The number of aryl methyl sites for hydroxylation is 1. The quantitative estimate of drug-likeness (QED) is 0.778. The molecule has 0 fully saturated rings. The Kier molecular flexibility index (Phi) is 3.78. The van der Waals surface area contributed by atoms with Crippen molar-refractivity contribution in [3.8, 4) is 5.75 Å². The van der Waals surface area contributed by atoms with Gasteiger partial charge >= 0.3 is 0 Å². The number of halogens is 1.